The average Bonchev–Trinajstić information content (AvgIpc) is 2.65. The number of rotatable bonds is 2. The van der Waals surface area contributed by atoms with Crippen molar-refractivity contribution < 1.29 is 9.18 Å². The van der Waals surface area contributed by atoms with Gasteiger partial charge in [-0.3, -0.25) is 4.79 Å². The predicted molar refractivity (Wildman–Crippen MR) is 72.2 cm³/mol. The van der Waals surface area contributed by atoms with Crippen LogP contribution in [0.2, 0.25) is 0 Å². The summed E-state index contributed by atoms with van der Waals surface area (Å²) in [6, 6.07) is 7.98. The van der Waals surface area contributed by atoms with Gasteiger partial charge in [-0.1, -0.05) is 0 Å². The molecule has 3 nitrogen and oxygen atoms in total. The van der Waals surface area contributed by atoms with E-state index in [-0.39, 0.29) is 11.7 Å². The number of carbonyl (C=O) groups excluding carboxylic acids is 1. The summed E-state index contributed by atoms with van der Waals surface area (Å²) in [5.74, 6) is -0.577. The number of hydrogen-bond donors (Lipinski definition) is 1. The number of nitrogens with zero attached hydrogens (tertiary/aromatic N) is 1. The first-order chi connectivity index (χ1) is 8.49. The molecular weight excluding hydrogens is 299 g/mol. The van der Waals surface area contributed by atoms with Crippen LogP contribution in [0, 0.1) is 12.7 Å². The van der Waals surface area contributed by atoms with Gasteiger partial charge >= 0.3 is 0 Å². The van der Waals surface area contributed by atoms with Crippen LogP contribution in [0.1, 0.15) is 16.2 Å². The van der Waals surface area contributed by atoms with Crippen LogP contribution < -0.4 is 5.32 Å². The summed E-state index contributed by atoms with van der Waals surface area (Å²) in [4.78, 5) is 12.0. The number of aromatic nitrogens is 1. The van der Waals surface area contributed by atoms with E-state index in [1.54, 1.807) is 10.6 Å². The molecule has 18 heavy (non-hydrogen) atoms. The highest BCUT2D eigenvalue weighted by atomic mass is 79.9. The minimum absolute atomic E-state index is 0.218. The summed E-state index contributed by atoms with van der Waals surface area (Å²) in [5.41, 5.74) is 2.11. The molecule has 0 unspecified atom stereocenters. The number of nitrogens with one attached hydrogen (secondary N) is 1. The van der Waals surface area contributed by atoms with Gasteiger partial charge in [-0.25, -0.2) is 4.39 Å². The van der Waals surface area contributed by atoms with Gasteiger partial charge < -0.3 is 9.88 Å². The third-order valence-electron chi connectivity index (χ3n) is 2.78. The summed E-state index contributed by atoms with van der Waals surface area (Å²) in [5, 5.41) is 2.72. The Morgan fingerprint density at radius 1 is 1.33 bits per heavy atom. The molecule has 1 amide bonds. The molecular formula is C13H12BrFN2O. The van der Waals surface area contributed by atoms with E-state index in [2.05, 4.69) is 21.2 Å². The summed E-state index contributed by atoms with van der Waals surface area (Å²) in [6.07, 6.45) is 0. The van der Waals surface area contributed by atoms with Crippen LogP contribution in [0.25, 0.3) is 0 Å². The maximum Gasteiger partial charge on any atom is 0.272 e. The Morgan fingerprint density at radius 2 is 2.06 bits per heavy atom. The number of carbonyl (C=O) groups is 1. The van der Waals surface area contributed by atoms with E-state index < -0.39 is 0 Å². The Bertz CT molecular complexity index is 607. The number of benzene rings is 1. The summed E-state index contributed by atoms with van der Waals surface area (Å²) in [6.45, 7) is 1.92. The molecule has 1 aromatic heterocycles. The largest absolute Gasteiger partial charge is 0.344 e. The number of amides is 1. The van der Waals surface area contributed by atoms with Crippen molar-refractivity contribution in [2.45, 2.75) is 6.92 Å². The van der Waals surface area contributed by atoms with Crippen LogP contribution in [0.15, 0.2) is 34.8 Å². The normalized spacial score (nSPS) is 10.4. The second-order valence-electron chi connectivity index (χ2n) is 4.00. The van der Waals surface area contributed by atoms with E-state index in [0.717, 1.165) is 5.69 Å². The van der Waals surface area contributed by atoms with E-state index in [1.807, 2.05) is 20.0 Å². The number of aryl methyl sites for hydroxylation is 1. The van der Waals surface area contributed by atoms with Gasteiger partial charge in [-0.2, -0.15) is 0 Å². The highest BCUT2D eigenvalue weighted by Crippen LogP contribution is 2.20. The lowest BCUT2D eigenvalue weighted by Gasteiger charge is -2.07. The van der Waals surface area contributed by atoms with Gasteiger partial charge in [0.2, 0.25) is 0 Å². The summed E-state index contributed by atoms with van der Waals surface area (Å²) in [7, 11) is 1.82. The summed E-state index contributed by atoms with van der Waals surface area (Å²) < 4.78 is 15.2. The van der Waals surface area contributed by atoms with Gasteiger partial charge in [0.15, 0.2) is 0 Å². The van der Waals surface area contributed by atoms with E-state index in [1.165, 1.54) is 18.2 Å². The fourth-order valence-electron chi connectivity index (χ4n) is 1.61. The summed E-state index contributed by atoms with van der Waals surface area (Å²) >= 11 is 3.08. The highest BCUT2D eigenvalue weighted by molar-refractivity contribution is 9.10. The van der Waals surface area contributed by atoms with E-state index in [0.29, 0.717) is 15.9 Å². The average molecular weight is 311 g/mol. The van der Waals surface area contributed by atoms with Crippen LogP contribution in [-0.4, -0.2) is 10.5 Å². The maximum absolute atomic E-state index is 13.1. The number of hydrogen-bond acceptors (Lipinski definition) is 1. The molecule has 0 bridgehead atoms. The Morgan fingerprint density at radius 3 is 2.61 bits per heavy atom. The zero-order valence-corrected chi connectivity index (χ0v) is 11.6. The molecule has 94 valence electrons. The monoisotopic (exact) mass is 310 g/mol. The third-order valence-corrected chi connectivity index (χ3v) is 3.39. The quantitative estimate of drug-likeness (QED) is 0.905. The van der Waals surface area contributed by atoms with Crippen molar-refractivity contribution in [3.63, 3.8) is 0 Å². The molecule has 0 radical (unpaired) electrons. The molecule has 0 saturated carbocycles. The Kier molecular flexibility index (Phi) is 3.52. The zero-order valence-electron chi connectivity index (χ0n) is 10.00. The highest BCUT2D eigenvalue weighted by Gasteiger charge is 2.11. The van der Waals surface area contributed by atoms with Gasteiger partial charge in [-0.05, 0) is 53.2 Å². The van der Waals surface area contributed by atoms with Crippen LogP contribution in [-0.2, 0) is 7.05 Å². The molecule has 0 aliphatic heterocycles. The molecule has 1 N–H and O–H groups in total. The topological polar surface area (TPSA) is 34.0 Å². The van der Waals surface area contributed by atoms with Gasteiger partial charge in [-0.15, -0.1) is 0 Å². The molecule has 2 aromatic rings. The number of anilines is 1. The third kappa shape index (κ3) is 2.46. The second-order valence-corrected chi connectivity index (χ2v) is 4.86. The van der Waals surface area contributed by atoms with Gasteiger partial charge in [0.1, 0.15) is 11.5 Å². The molecule has 0 saturated heterocycles. The fourth-order valence-corrected chi connectivity index (χ4v) is 1.99. The first kappa shape index (κ1) is 12.8. The van der Waals surface area contributed by atoms with E-state index in [9.17, 15) is 9.18 Å². The van der Waals surface area contributed by atoms with Crippen molar-refractivity contribution in [3.8, 4) is 0 Å². The van der Waals surface area contributed by atoms with Gasteiger partial charge in [0.25, 0.3) is 5.91 Å². The molecule has 0 atom stereocenters. The van der Waals surface area contributed by atoms with Crippen LogP contribution in [0.4, 0.5) is 10.1 Å². The molecule has 0 aliphatic carbocycles. The predicted octanol–water partition coefficient (Wildman–Crippen LogP) is 3.49. The lowest BCUT2D eigenvalue weighted by atomic mass is 10.3. The standard InChI is InChI=1S/C13H12BrFN2O/c1-8-3-6-12(17(8)2)13(18)16-9-4-5-11(15)10(14)7-9/h3-7H,1-2H3,(H,16,18). The fraction of sp³-hybridized carbons (Fsp3) is 0.154. The van der Waals surface area contributed by atoms with Crippen molar-refractivity contribution in [2.75, 3.05) is 5.32 Å². The molecule has 0 fully saturated rings. The molecule has 1 heterocycles. The minimum Gasteiger partial charge on any atom is -0.344 e. The SMILES string of the molecule is Cc1ccc(C(=O)Nc2ccc(F)c(Br)c2)n1C. The first-order valence-electron chi connectivity index (χ1n) is 5.38. The van der Waals surface area contributed by atoms with E-state index in [4.69, 9.17) is 0 Å². The van der Waals surface area contributed by atoms with Crippen molar-refractivity contribution in [2.24, 2.45) is 7.05 Å². The van der Waals surface area contributed by atoms with Gasteiger partial charge in [0.05, 0.1) is 4.47 Å². The molecule has 0 spiro atoms. The molecule has 5 heteroatoms. The molecule has 0 aliphatic rings. The van der Waals surface area contributed by atoms with Crippen molar-refractivity contribution in [3.05, 3.63) is 52.0 Å². The number of halogens is 2. The van der Waals surface area contributed by atoms with E-state index >= 15 is 0 Å². The van der Waals surface area contributed by atoms with Crippen LogP contribution >= 0.6 is 15.9 Å². The Balaban J connectivity index is 2.21. The maximum atomic E-state index is 13.1. The van der Waals surface area contributed by atoms with Gasteiger partial charge in [0, 0.05) is 18.4 Å². The van der Waals surface area contributed by atoms with Crippen molar-refractivity contribution in [1.82, 2.24) is 4.57 Å². The second kappa shape index (κ2) is 4.94. The van der Waals surface area contributed by atoms with Crippen LogP contribution in [0.3, 0.4) is 0 Å². The Hall–Kier alpha value is -1.62. The van der Waals surface area contributed by atoms with Crippen molar-refractivity contribution in [1.29, 1.82) is 0 Å². The minimum atomic E-state index is -0.359. The molecule has 1 aromatic carbocycles. The van der Waals surface area contributed by atoms with Crippen molar-refractivity contribution >= 4 is 27.5 Å². The Labute approximate surface area is 113 Å². The lowest BCUT2D eigenvalue weighted by molar-refractivity contribution is 0.101. The first-order valence-corrected chi connectivity index (χ1v) is 6.17. The lowest BCUT2D eigenvalue weighted by Crippen LogP contribution is -2.16. The zero-order chi connectivity index (χ0) is 13.3. The molecule has 2 rings (SSSR count). The smallest absolute Gasteiger partial charge is 0.272 e. The van der Waals surface area contributed by atoms with Crippen LogP contribution in [0.5, 0.6) is 0 Å².